The molecule has 0 heterocycles. The van der Waals surface area contributed by atoms with Crippen molar-refractivity contribution in [1.82, 2.24) is 0 Å². The standard InChI is InChI=1S/C46H85ISi8/c1-48(2,3)43(49(4,5)6)34-28-30-38(45(52(13,14)15)53(16,17)18)40(32-34)36-26-25-27-37(42(36)47)41-33-35(44(50(7,8)9)51(10,11)12)29-31-39(41)46(54(19,20)21)55(22,23)24/h25-33,43-46H,1-24H3. The lowest BCUT2D eigenvalue weighted by molar-refractivity contribution is 1.13. The van der Waals surface area contributed by atoms with E-state index in [4.69, 9.17) is 0 Å². The molecule has 0 unspecified atom stereocenters. The van der Waals surface area contributed by atoms with E-state index in [-0.39, 0.29) is 0 Å². The lowest BCUT2D eigenvalue weighted by Gasteiger charge is -2.42. The lowest BCUT2D eigenvalue weighted by Crippen LogP contribution is -2.47. The van der Waals surface area contributed by atoms with Crippen LogP contribution in [0.1, 0.15) is 42.9 Å². The Morgan fingerprint density at radius 3 is 0.764 bits per heavy atom. The third-order valence-electron chi connectivity index (χ3n) is 12.0. The van der Waals surface area contributed by atoms with Gasteiger partial charge < -0.3 is 0 Å². The van der Waals surface area contributed by atoms with Gasteiger partial charge in [-0.2, -0.15) is 0 Å². The summed E-state index contributed by atoms with van der Waals surface area (Å²) in [6.45, 7) is 63.1. The van der Waals surface area contributed by atoms with Gasteiger partial charge in [0.2, 0.25) is 0 Å². The molecule has 0 N–H and O–H groups in total. The molecule has 0 nitrogen and oxygen atoms in total. The van der Waals surface area contributed by atoms with Gasteiger partial charge in [-0.3, -0.25) is 0 Å². The van der Waals surface area contributed by atoms with Crippen molar-refractivity contribution in [2.45, 2.75) is 178 Å². The molecule has 0 radical (unpaired) electrons. The third kappa shape index (κ3) is 11.7. The number of rotatable bonds is 14. The average Bonchev–Trinajstić information content (AvgIpc) is 2.89. The molecule has 9 heteroatoms. The summed E-state index contributed by atoms with van der Waals surface area (Å²) in [6, 6.07) is 23.5. The Hall–Kier alpha value is 0.125. The molecule has 0 aliphatic rings. The fourth-order valence-corrected chi connectivity index (χ4v) is 64.5. The van der Waals surface area contributed by atoms with Gasteiger partial charge >= 0.3 is 0 Å². The fraction of sp³-hybridized carbons (Fsp3) is 0.609. The van der Waals surface area contributed by atoms with Crippen LogP contribution >= 0.6 is 22.6 Å². The molecule has 3 aromatic rings. The highest BCUT2D eigenvalue weighted by atomic mass is 127. The molecule has 0 saturated heterocycles. The van der Waals surface area contributed by atoms with Crippen molar-refractivity contribution in [2.75, 3.05) is 0 Å². The van der Waals surface area contributed by atoms with Gasteiger partial charge in [-0.05, 0) is 87.8 Å². The van der Waals surface area contributed by atoms with E-state index >= 15 is 0 Å². The Bertz CT molecular complexity index is 1620. The van der Waals surface area contributed by atoms with Crippen molar-refractivity contribution in [3.8, 4) is 22.3 Å². The minimum Gasteiger partial charge on any atom is -0.0693 e. The van der Waals surface area contributed by atoms with Crippen molar-refractivity contribution < 1.29 is 0 Å². The van der Waals surface area contributed by atoms with Crippen LogP contribution in [0.2, 0.25) is 157 Å². The van der Waals surface area contributed by atoms with Crippen LogP contribution in [0.4, 0.5) is 0 Å². The summed E-state index contributed by atoms with van der Waals surface area (Å²) < 4.78 is 1.46. The first-order valence-electron chi connectivity index (χ1n) is 21.4. The number of benzene rings is 3. The zero-order chi connectivity index (χ0) is 42.9. The van der Waals surface area contributed by atoms with E-state index in [0.717, 1.165) is 0 Å². The second kappa shape index (κ2) is 16.5. The highest BCUT2D eigenvalue weighted by molar-refractivity contribution is 14.1. The summed E-state index contributed by atoms with van der Waals surface area (Å²) in [5, 5.41) is 2.78. The van der Waals surface area contributed by atoms with E-state index in [9.17, 15) is 0 Å². The van der Waals surface area contributed by atoms with E-state index in [1.165, 1.54) is 14.7 Å². The summed E-state index contributed by atoms with van der Waals surface area (Å²) in [4.78, 5) is 0. The van der Waals surface area contributed by atoms with Crippen LogP contribution in [0.15, 0.2) is 54.6 Å². The van der Waals surface area contributed by atoms with Crippen molar-refractivity contribution >= 4 is 87.2 Å². The van der Waals surface area contributed by atoms with E-state index < -0.39 is 64.6 Å². The Kier molecular flexibility index (Phi) is 14.9. The topological polar surface area (TPSA) is 0 Å². The maximum Gasteiger partial charge on any atom is 0.0493 e. The molecular weight excluding hydrogens is 904 g/mol. The van der Waals surface area contributed by atoms with E-state index in [1.807, 2.05) is 0 Å². The first-order chi connectivity index (χ1) is 24.3. The Balaban J connectivity index is 2.64. The van der Waals surface area contributed by atoms with Gasteiger partial charge in [0.25, 0.3) is 0 Å². The summed E-state index contributed by atoms with van der Waals surface area (Å²) in [7, 11) is -12.3. The van der Waals surface area contributed by atoms with Crippen molar-refractivity contribution in [3.05, 3.63) is 80.4 Å². The smallest absolute Gasteiger partial charge is 0.0493 e. The van der Waals surface area contributed by atoms with E-state index in [0.29, 0.717) is 20.7 Å². The maximum absolute atomic E-state index is 2.81. The molecule has 3 aromatic carbocycles. The highest BCUT2D eigenvalue weighted by Gasteiger charge is 2.44. The Morgan fingerprint density at radius 2 is 0.545 bits per heavy atom. The molecule has 0 aliphatic carbocycles. The third-order valence-corrected chi connectivity index (χ3v) is 50.3. The first kappa shape index (κ1) is 49.5. The molecule has 55 heavy (non-hydrogen) atoms. The van der Waals surface area contributed by atoms with Crippen LogP contribution in [-0.2, 0) is 0 Å². The van der Waals surface area contributed by atoms with Gasteiger partial charge in [0.1, 0.15) is 0 Å². The minimum atomic E-state index is -1.57. The largest absolute Gasteiger partial charge is 0.0693 e. The first-order valence-corrected chi connectivity index (χ1v) is 51.1. The van der Waals surface area contributed by atoms with Crippen molar-refractivity contribution in [1.29, 1.82) is 0 Å². The molecule has 0 aliphatic heterocycles. The summed E-state index contributed by atoms with van der Waals surface area (Å²) >= 11 is 2.81. The van der Waals surface area contributed by atoms with Crippen molar-refractivity contribution in [3.63, 3.8) is 0 Å². The summed E-state index contributed by atoms with van der Waals surface area (Å²) in [6.07, 6.45) is 0. The van der Waals surface area contributed by atoms with Crippen LogP contribution in [0.5, 0.6) is 0 Å². The zero-order valence-corrected chi connectivity index (χ0v) is 50.5. The zero-order valence-electron chi connectivity index (χ0n) is 40.4. The number of hydrogen-bond donors (Lipinski definition) is 0. The maximum atomic E-state index is 2.81. The number of hydrogen-bond acceptors (Lipinski definition) is 0. The molecule has 0 amide bonds. The van der Waals surface area contributed by atoms with Crippen LogP contribution in [0.3, 0.4) is 0 Å². The van der Waals surface area contributed by atoms with E-state index in [1.54, 1.807) is 33.4 Å². The van der Waals surface area contributed by atoms with Gasteiger partial charge in [-0.15, -0.1) is 0 Å². The molecular formula is C46H85ISi8. The normalized spacial score (nSPS) is 14.6. The average molecular weight is 990 g/mol. The molecule has 0 spiro atoms. The summed E-state index contributed by atoms with van der Waals surface area (Å²) in [5.74, 6) is 0. The van der Waals surface area contributed by atoms with Gasteiger partial charge in [0, 0.05) is 68.2 Å². The minimum absolute atomic E-state index is 0.678. The van der Waals surface area contributed by atoms with E-state index in [2.05, 4.69) is 234 Å². The Labute approximate surface area is 364 Å². The van der Waals surface area contributed by atoms with Crippen LogP contribution in [-0.4, -0.2) is 64.6 Å². The Morgan fingerprint density at radius 1 is 0.309 bits per heavy atom. The molecule has 0 aromatic heterocycles. The predicted molar refractivity (Wildman–Crippen MR) is 288 cm³/mol. The van der Waals surface area contributed by atoms with Gasteiger partial charge in [-0.25, -0.2) is 0 Å². The van der Waals surface area contributed by atoms with Crippen LogP contribution in [0, 0.1) is 3.57 Å². The number of halogens is 1. The van der Waals surface area contributed by atoms with Crippen LogP contribution in [0.25, 0.3) is 22.3 Å². The molecule has 0 atom stereocenters. The SMILES string of the molecule is C[Si](C)(C)C(c1ccc(C([Si](C)(C)C)[Si](C)(C)C)c(-c2cccc(-c3cc(C([Si](C)(C)C)[Si](C)(C)C)ccc3C([Si](C)(C)C)[Si](C)(C)C)c2I)c1)[Si](C)(C)C. The van der Waals surface area contributed by atoms with Gasteiger partial charge in [0.05, 0.1) is 0 Å². The lowest BCUT2D eigenvalue weighted by atomic mass is 9.92. The second-order valence-corrected chi connectivity index (χ2v) is 71.9. The molecule has 308 valence electrons. The molecule has 0 fully saturated rings. The van der Waals surface area contributed by atoms with Crippen molar-refractivity contribution in [2.24, 2.45) is 0 Å². The fourth-order valence-electron chi connectivity index (χ4n) is 12.5. The monoisotopic (exact) mass is 988 g/mol. The highest BCUT2D eigenvalue weighted by Crippen LogP contribution is 2.49. The van der Waals surface area contributed by atoms with Gasteiger partial charge in [-0.1, -0.05) is 212 Å². The second-order valence-electron chi connectivity index (χ2n) is 26.0. The van der Waals surface area contributed by atoms with Gasteiger partial charge in [0.15, 0.2) is 0 Å². The quantitative estimate of drug-likeness (QED) is 0.112. The van der Waals surface area contributed by atoms with Crippen LogP contribution < -0.4 is 0 Å². The summed E-state index contributed by atoms with van der Waals surface area (Å²) in [5.41, 5.74) is 12.6. The molecule has 3 rings (SSSR count). The predicted octanol–water partition coefficient (Wildman–Crippen LogP) is 17.0. The molecule has 0 saturated carbocycles. The molecule has 0 bridgehead atoms.